The van der Waals surface area contributed by atoms with Crippen LogP contribution in [0.25, 0.3) is 6.08 Å². The maximum atomic E-state index is 13.3. The second kappa shape index (κ2) is 12.1. The molecule has 0 saturated carbocycles. The monoisotopic (exact) mass is 594 g/mol. The first-order valence-electron chi connectivity index (χ1n) is 10.9. The Morgan fingerprint density at radius 1 is 1.08 bits per heavy atom. The van der Waals surface area contributed by atoms with Crippen molar-refractivity contribution >= 4 is 75.4 Å². The maximum Gasteiger partial charge on any atom is 0.294 e. The summed E-state index contributed by atoms with van der Waals surface area (Å²) in [5.41, 5.74) is 1.37. The topological polar surface area (TPSA) is 84.9 Å². The first kappa shape index (κ1) is 27.8. The molecule has 4 rings (SSSR count). The van der Waals surface area contributed by atoms with Crippen molar-refractivity contribution in [1.82, 2.24) is 4.90 Å². The Balaban J connectivity index is 1.47. The smallest absolute Gasteiger partial charge is 0.294 e. The van der Waals surface area contributed by atoms with Crippen LogP contribution in [-0.4, -0.2) is 35.6 Å². The average Bonchev–Trinajstić information content (AvgIpc) is 3.11. The van der Waals surface area contributed by atoms with Crippen LogP contribution in [0.5, 0.6) is 11.5 Å². The summed E-state index contributed by atoms with van der Waals surface area (Å²) in [6, 6.07) is 13.4. The van der Waals surface area contributed by atoms with Crippen LogP contribution in [0.15, 0.2) is 59.5 Å². The predicted octanol–water partition coefficient (Wildman–Crippen LogP) is 7.05. The van der Waals surface area contributed by atoms with Crippen LogP contribution >= 0.6 is 46.6 Å². The average molecular weight is 596 g/mol. The highest BCUT2D eigenvalue weighted by atomic mass is 35.5. The molecule has 3 aromatic rings. The molecule has 1 aliphatic heterocycles. The lowest BCUT2D eigenvalue weighted by molar-refractivity contribution is -0.127. The largest absolute Gasteiger partial charge is 0.493 e. The van der Waals surface area contributed by atoms with E-state index >= 15 is 0 Å². The molecule has 0 bridgehead atoms. The molecule has 1 fully saturated rings. The summed E-state index contributed by atoms with van der Waals surface area (Å²) in [6.07, 6.45) is 1.46. The number of ether oxygens (including phenoxy) is 2. The minimum absolute atomic E-state index is 0.0910. The van der Waals surface area contributed by atoms with Crippen molar-refractivity contribution in [3.8, 4) is 11.5 Å². The summed E-state index contributed by atoms with van der Waals surface area (Å²) < 4.78 is 24.6. The van der Waals surface area contributed by atoms with Gasteiger partial charge in [0.05, 0.1) is 17.0 Å². The van der Waals surface area contributed by atoms with Gasteiger partial charge in [-0.2, -0.15) is 0 Å². The van der Waals surface area contributed by atoms with Crippen LogP contribution < -0.4 is 14.8 Å². The van der Waals surface area contributed by atoms with Gasteiger partial charge < -0.3 is 14.8 Å². The van der Waals surface area contributed by atoms with E-state index in [4.69, 9.17) is 44.3 Å². The van der Waals surface area contributed by atoms with Crippen LogP contribution in [0.3, 0.4) is 0 Å². The van der Waals surface area contributed by atoms with Crippen molar-refractivity contribution in [2.75, 3.05) is 19.0 Å². The zero-order valence-corrected chi connectivity index (χ0v) is 22.7. The highest BCUT2D eigenvalue weighted by Gasteiger charge is 2.36. The SMILES string of the molecule is COc1cc(/C=C2/SC(=O)N(CC(=O)Nc3cccc(F)c3)C2=O)cc(Cl)c1OCc1ccc(Cl)cc1Cl. The number of methoxy groups -OCH3 is 1. The Kier molecular flexibility index (Phi) is 8.83. The van der Waals surface area contributed by atoms with Gasteiger partial charge in [-0.1, -0.05) is 46.9 Å². The van der Waals surface area contributed by atoms with Crippen molar-refractivity contribution in [3.63, 3.8) is 0 Å². The number of carbonyl (C=O) groups excluding carboxylic acids is 3. The number of halogens is 4. The van der Waals surface area contributed by atoms with E-state index < -0.39 is 29.4 Å². The molecule has 1 aliphatic rings. The van der Waals surface area contributed by atoms with Crippen molar-refractivity contribution in [2.24, 2.45) is 0 Å². The van der Waals surface area contributed by atoms with Gasteiger partial charge in [0.25, 0.3) is 11.1 Å². The molecule has 0 spiro atoms. The summed E-state index contributed by atoms with van der Waals surface area (Å²) in [5, 5.41) is 2.97. The van der Waals surface area contributed by atoms with E-state index in [1.165, 1.54) is 31.4 Å². The number of imide groups is 1. The van der Waals surface area contributed by atoms with Crippen molar-refractivity contribution in [3.05, 3.63) is 91.5 Å². The molecule has 0 aromatic heterocycles. The van der Waals surface area contributed by atoms with Crippen molar-refractivity contribution in [2.45, 2.75) is 6.61 Å². The Morgan fingerprint density at radius 2 is 1.87 bits per heavy atom. The highest BCUT2D eigenvalue weighted by Crippen LogP contribution is 2.39. The lowest BCUT2D eigenvalue weighted by Crippen LogP contribution is -2.36. The van der Waals surface area contributed by atoms with Crippen LogP contribution in [0.4, 0.5) is 14.9 Å². The molecule has 0 atom stereocenters. The number of nitrogens with zero attached hydrogens (tertiary/aromatic N) is 1. The third-order valence-electron chi connectivity index (χ3n) is 5.22. The summed E-state index contributed by atoms with van der Waals surface area (Å²) in [7, 11) is 1.43. The molecule has 1 saturated heterocycles. The summed E-state index contributed by atoms with van der Waals surface area (Å²) in [4.78, 5) is 38.5. The van der Waals surface area contributed by atoms with Gasteiger partial charge in [-0.05, 0) is 65.9 Å². The Morgan fingerprint density at radius 3 is 2.58 bits per heavy atom. The third kappa shape index (κ3) is 6.60. The molecule has 3 aromatic carbocycles. The summed E-state index contributed by atoms with van der Waals surface area (Å²) in [6.45, 7) is -0.426. The predicted molar refractivity (Wildman–Crippen MR) is 147 cm³/mol. The van der Waals surface area contributed by atoms with E-state index in [0.29, 0.717) is 38.7 Å². The first-order valence-corrected chi connectivity index (χ1v) is 12.8. The number of benzene rings is 3. The number of hydrogen-bond donors (Lipinski definition) is 1. The van der Waals surface area contributed by atoms with Gasteiger partial charge in [-0.3, -0.25) is 19.3 Å². The minimum Gasteiger partial charge on any atom is -0.493 e. The fraction of sp³-hybridized carbons (Fsp3) is 0.115. The number of amides is 3. The normalized spacial score (nSPS) is 14.2. The fourth-order valence-corrected chi connectivity index (χ4v) is 5.02. The first-order chi connectivity index (χ1) is 18.1. The van der Waals surface area contributed by atoms with Crippen LogP contribution in [0.1, 0.15) is 11.1 Å². The van der Waals surface area contributed by atoms with Gasteiger partial charge in [0, 0.05) is 21.3 Å². The molecule has 0 radical (unpaired) electrons. The van der Waals surface area contributed by atoms with E-state index in [9.17, 15) is 18.8 Å². The molecule has 12 heteroatoms. The zero-order chi connectivity index (χ0) is 27.4. The molecule has 1 N–H and O–H groups in total. The lowest BCUT2D eigenvalue weighted by Gasteiger charge is -2.14. The molecule has 3 amide bonds. The van der Waals surface area contributed by atoms with Crippen LogP contribution in [0, 0.1) is 5.82 Å². The summed E-state index contributed by atoms with van der Waals surface area (Å²) >= 11 is 19.3. The van der Waals surface area contributed by atoms with Gasteiger partial charge in [0.1, 0.15) is 19.0 Å². The molecule has 1 heterocycles. The van der Waals surface area contributed by atoms with Gasteiger partial charge >= 0.3 is 0 Å². The molecule has 7 nitrogen and oxygen atoms in total. The van der Waals surface area contributed by atoms with Gasteiger partial charge in [-0.15, -0.1) is 0 Å². The second-order valence-corrected chi connectivity index (χ2v) is 10.1. The summed E-state index contributed by atoms with van der Waals surface area (Å²) in [5.74, 6) is -1.27. The molecule has 196 valence electrons. The van der Waals surface area contributed by atoms with Crippen LogP contribution in [-0.2, 0) is 16.2 Å². The number of thioether (sulfide) groups is 1. The Labute approximate surface area is 236 Å². The molecular formula is C26H18Cl3FN2O5S. The van der Waals surface area contributed by atoms with E-state index in [0.717, 1.165) is 11.0 Å². The van der Waals surface area contributed by atoms with E-state index in [2.05, 4.69) is 5.32 Å². The quantitative estimate of drug-likeness (QED) is 0.281. The number of carbonyl (C=O) groups is 3. The van der Waals surface area contributed by atoms with Gasteiger partial charge in [-0.25, -0.2) is 4.39 Å². The van der Waals surface area contributed by atoms with E-state index in [1.54, 1.807) is 30.3 Å². The van der Waals surface area contributed by atoms with Crippen LogP contribution in [0.2, 0.25) is 15.1 Å². The van der Waals surface area contributed by atoms with Gasteiger partial charge in [0.15, 0.2) is 11.5 Å². The number of anilines is 1. The molecule has 0 aliphatic carbocycles. The van der Waals surface area contributed by atoms with Gasteiger partial charge in [0.2, 0.25) is 5.91 Å². The third-order valence-corrected chi connectivity index (χ3v) is 7.00. The number of hydrogen-bond acceptors (Lipinski definition) is 6. The fourth-order valence-electron chi connectivity index (χ4n) is 3.45. The Bertz CT molecular complexity index is 1470. The van der Waals surface area contributed by atoms with Crippen molar-refractivity contribution in [1.29, 1.82) is 0 Å². The maximum absolute atomic E-state index is 13.3. The molecule has 0 unspecified atom stereocenters. The minimum atomic E-state index is -0.651. The number of rotatable bonds is 8. The Hall–Kier alpha value is -3.24. The zero-order valence-electron chi connectivity index (χ0n) is 19.6. The van der Waals surface area contributed by atoms with E-state index in [-0.39, 0.29) is 28.0 Å². The highest BCUT2D eigenvalue weighted by molar-refractivity contribution is 8.18. The standard InChI is InChI=1S/C26H18Cl3FN2O5S/c1-36-21-8-14(7-20(29)24(21)37-13-15-5-6-16(27)10-19(15)28)9-22-25(34)32(26(35)38-22)12-23(33)31-18-4-2-3-17(30)11-18/h2-11H,12-13H2,1H3,(H,31,33)/b22-9+. The number of nitrogens with one attached hydrogen (secondary N) is 1. The van der Waals surface area contributed by atoms with Crippen molar-refractivity contribution < 1.29 is 28.2 Å². The second-order valence-electron chi connectivity index (χ2n) is 7.88. The lowest BCUT2D eigenvalue weighted by atomic mass is 10.1. The molecular weight excluding hydrogens is 578 g/mol. The molecule has 38 heavy (non-hydrogen) atoms. The van der Waals surface area contributed by atoms with E-state index in [1.807, 2.05) is 0 Å².